The zero-order chi connectivity index (χ0) is 29.6. The molecule has 0 fully saturated rings. The van der Waals surface area contributed by atoms with Crippen molar-refractivity contribution in [2.45, 2.75) is 36.7 Å². The van der Waals surface area contributed by atoms with Crippen LogP contribution in [0.1, 0.15) is 34.3 Å². The van der Waals surface area contributed by atoms with Crippen LogP contribution < -0.4 is 10.1 Å². The van der Waals surface area contributed by atoms with E-state index in [1.807, 2.05) is 84.3 Å². The van der Waals surface area contributed by atoms with Crippen molar-refractivity contribution in [2.75, 3.05) is 7.11 Å². The Hall–Kier alpha value is -4.89. The Morgan fingerprint density at radius 1 is 0.930 bits per heavy atom. The van der Waals surface area contributed by atoms with Crippen LogP contribution in [0.3, 0.4) is 0 Å². The van der Waals surface area contributed by atoms with Crippen molar-refractivity contribution < 1.29 is 9.53 Å². The van der Waals surface area contributed by atoms with E-state index in [2.05, 4.69) is 43.7 Å². The first kappa shape index (κ1) is 28.2. The second-order valence-electron chi connectivity index (χ2n) is 10.3. The molecule has 43 heavy (non-hydrogen) atoms. The molecule has 216 valence electrons. The molecular formula is C34H32N6O2S. The highest BCUT2D eigenvalue weighted by Gasteiger charge is 2.26. The normalized spacial score (nSPS) is 11.9. The molecule has 9 heteroatoms. The number of carbonyl (C=O) groups is 1. The van der Waals surface area contributed by atoms with Gasteiger partial charge in [0.1, 0.15) is 5.75 Å². The zero-order valence-corrected chi connectivity index (χ0v) is 24.8. The van der Waals surface area contributed by atoms with Crippen LogP contribution >= 0.6 is 11.8 Å². The van der Waals surface area contributed by atoms with Gasteiger partial charge in [0, 0.05) is 40.4 Å². The van der Waals surface area contributed by atoms with Crippen LogP contribution in [-0.4, -0.2) is 37.7 Å². The van der Waals surface area contributed by atoms with Crippen molar-refractivity contribution in [3.63, 3.8) is 0 Å². The molecule has 1 unspecified atom stereocenters. The Kier molecular flexibility index (Phi) is 8.51. The first-order valence-corrected chi connectivity index (χ1v) is 15.1. The lowest BCUT2D eigenvalue weighted by Gasteiger charge is -2.20. The van der Waals surface area contributed by atoms with Gasteiger partial charge >= 0.3 is 0 Å². The number of benzene rings is 3. The maximum absolute atomic E-state index is 13.7. The number of aromatic amines is 1. The van der Waals surface area contributed by atoms with Crippen LogP contribution in [0.2, 0.25) is 0 Å². The third-order valence-electron chi connectivity index (χ3n) is 7.40. The Morgan fingerprint density at radius 2 is 1.67 bits per heavy atom. The minimum Gasteiger partial charge on any atom is -0.497 e. The van der Waals surface area contributed by atoms with Crippen LogP contribution in [0, 0.1) is 6.92 Å². The largest absolute Gasteiger partial charge is 0.497 e. The molecule has 0 bridgehead atoms. The molecule has 3 aromatic heterocycles. The van der Waals surface area contributed by atoms with E-state index in [1.165, 1.54) is 0 Å². The predicted octanol–water partition coefficient (Wildman–Crippen LogP) is 6.40. The van der Waals surface area contributed by atoms with Crippen molar-refractivity contribution >= 4 is 28.6 Å². The maximum atomic E-state index is 13.7. The highest BCUT2D eigenvalue weighted by molar-refractivity contribution is 7.98. The van der Waals surface area contributed by atoms with E-state index in [0.717, 1.165) is 49.9 Å². The number of fused-ring (bicyclic) bond motifs is 1. The number of rotatable bonds is 11. The summed E-state index contributed by atoms with van der Waals surface area (Å²) in [4.78, 5) is 21.3. The van der Waals surface area contributed by atoms with Crippen LogP contribution in [0.25, 0.3) is 16.6 Å². The summed E-state index contributed by atoms with van der Waals surface area (Å²) < 4.78 is 7.45. The van der Waals surface area contributed by atoms with Crippen molar-refractivity contribution in [1.82, 2.24) is 30.0 Å². The molecule has 1 amide bonds. The summed E-state index contributed by atoms with van der Waals surface area (Å²) in [5.74, 6) is 2.04. The number of aromatic nitrogens is 5. The number of hydrogen-bond donors (Lipinski definition) is 2. The SMILES string of the molecule is COc1ccc(-n2c(SCc3ccncc3)nnc2C(Cc2ccccc2)NC(=O)Cc2c(C)[nH]c3ccccc23)cc1. The average molecular weight is 589 g/mol. The van der Waals surface area contributed by atoms with Crippen molar-refractivity contribution in [1.29, 1.82) is 0 Å². The van der Waals surface area contributed by atoms with Gasteiger partial charge in [0.05, 0.1) is 19.6 Å². The van der Waals surface area contributed by atoms with Gasteiger partial charge in [-0.2, -0.15) is 0 Å². The molecule has 0 saturated carbocycles. The zero-order valence-electron chi connectivity index (χ0n) is 24.0. The number of thioether (sulfide) groups is 1. The third kappa shape index (κ3) is 6.47. The molecule has 0 aliphatic carbocycles. The molecule has 2 N–H and O–H groups in total. The molecule has 6 aromatic rings. The molecular weight excluding hydrogens is 556 g/mol. The number of aryl methyl sites for hydroxylation is 1. The van der Waals surface area contributed by atoms with Crippen molar-refractivity contribution in [3.8, 4) is 11.4 Å². The Bertz CT molecular complexity index is 1820. The molecule has 3 heterocycles. The molecule has 0 radical (unpaired) electrons. The van der Waals surface area contributed by atoms with E-state index in [4.69, 9.17) is 4.74 Å². The Morgan fingerprint density at radius 3 is 2.44 bits per heavy atom. The van der Waals surface area contributed by atoms with Gasteiger partial charge in [-0.05, 0) is 72.5 Å². The first-order chi connectivity index (χ1) is 21.1. The first-order valence-electron chi connectivity index (χ1n) is 14.1. The summed E-state index contributed by atoms with van der Waals surface area (Å²) in [5.41, 5.74) is 6.13. The average Bonchev–Trinajstić information content (AvgIpc) is 3.61. The molecule has 1 atom stereocenters. The van der Waals surface area contributed by atoms with Crippen LogP contribution in [0.15, 0.2) is 109 Å². The predicted molar refractivity (Wildman–Crippen MR) is 169 cm³/mol. The van der Waals surface area contributed by atoms with Gasteiger partial charge in [0.15, 0.2) is 11.0 Å². The summed E-state index contributed by atoms with van der Waals surface area (Å²) in [6, 6.07) is 29.6. The highest BCUT2D eigenvalue weighted by atomic mass is 32.2. The minimum absolute atomic E-state index is 0.0796. The lowest BCUT2D eigenvalue weighted by molar-refractivity contribution is -0.121. The highest BCUT2D eigenvalue weighted by Crippen LogP contribution is 2.30. The number of para-hydroxylation sites is 1. The quantitative estimate of drug-likeness (QED) is 0.170. The number of methoxy groups -OCH3 is 1. The number of H-pyrrole nitrogens is 1. The van der Waals surface area contributed by atoms with E-state index in [-0.39, 0.29) is 12.3 Å². The van der Waals surface area contributed by atoms with Crippen molar-refractivity contribution in [3.05, 3.63) is 132 Å². The van der Waals surface area contributed by atoms with Gasteiger partial charge in [0.2, 0.25) is 5.91 Å². The summed E-state index contributed by atoms with van der Waals surface area (Å²) in [7, 11) is 1.65. The van der Waals surface area contributed by atoms with E-state index in [9.17, 15) is 4.79 Å². The fourth-order valence-electron chi connectivity index (χ4n) is 5.23. The van der Waals surface area contributed by atoms with E-state index in [1.54, 1.807) is 31.3 Å². The fraction of sp³-hybridized carbons (Fsp3) is 0.176. The standard InChI is InChI=1S/C34H32N6O2S/c1-23-29(28-10-6-7-11-30(28)36-23)21-32(41)37-31(20-24-8-4-3-5-9-24)33-38-39-34(43-22-25-16-18-35-19-17-25)40(33)26-12-14-27(42-2)15-13-26/h3-19,31,36H,20-22H2,1-2H3,(H,37,41). The van der Waals surface area contributed by atoms with Gasteiger partial charge in [0.25, 0.3) is 0 Å². The van der Waals surface area contributed by atoms with Crippen LogP contribution in [0.5, 0.6) is 5.75 Å². The molecule has 0 saturated heterocycles. The molecule has 3 aromatic carbocycles. The maximum Gasteiger partial charge on any atom is 0.225 e. The molecule has 6 rings (SSSR count). The van der Waals surface area contributed by atoms with Gasteiger partial charge in [-0.15, -0.1) is 10.2 Å². The van der Waals surface area contributed by atoms with E-state index >= 15 is 0 Å². The molecule has 0 aliphatic heterocycles. The Balaban J connectivity index is 1.36. The smallest absolute Gasteiger partial charge is 0.225 e. The van der Waals surface area contributed by atoms with E-state index < -0.39 is 6.04 Å². The molecule has 0 spiro atoms. The minimum atomic E-state index is -0.426. The fourth-order valence-corrected chi connectivity index (χ4v) is 6.14. The van der Waals surface area contributed by atoms with Crippen molar-refractivity contribution in [2.24, 2.45) is 0 Å². The lowest BCUT2D eigenvalue weighted by Crippen LogP contribution is -2.33. The lowest BCUT2D eigenvalue weighted by atomic mass is 10.0. The number of nitrogens with zero attached hydrogens (tertiary/aromatic N) is 4. The van der Waals surface area contributed by atoms with Gasteiger partial charge in [-0.1, -0.05) is 60.3 Å². The number of nitrogens with one attached hydrogen (secondary N) is 2. The molecule has 8 nitrogen and oxygen atoms in total. The number of carbonyl (C=O) groups excluding carboxylic acids is 1. The van der Waals surface area contributed by atoms with Crippen LogP contribution in [0.4, 0.5) is 0 Å². The Labute approximate surface area is 254 Å². The van der Waals surface area contributed by atoms with E-state index in [0.29, 0.717) is 18.0 Å². The second-order valence-corrected chi connectivity index (χ2v) is 11.2. The third-order valence-corrected chi connectivity index (χ3v) is 8.40. The van der Waals surface area contributed by atoms with Crippen LogP contribution in [-0.2, 0) is 23.4 Å². The van der Waals surface area contributed by atoms with Gasteiger partial charge < -0.3 is 15.0 Å². The molecule has 0 aliphatic rings. The number of hydrogen-bond acceptors (Lipinski definition) is 6. The summed E-state index contributed by atoms with van der Waals surface area (Å²) in [5, 5.41) is 14.4. The summed E-state index contributed by atoms with van der Waals surface area (Å²) in [6.07, 6.45) is 4.39. The van der Waals surface area contributed by atoms with Gasteiger partial charge in [-0.25, -0.2) is 0 Å². The number of amides is 1. The number of pyridine rings is 1. The second kappa shape index (κ2) is 13.0. The summed E-state index contributed by atoms with van der Waals surface area (Å²) >= 11 is 1.59. The number of ether oxygens (including phenoxy) is 1. The summed E-state index contributed by atoms with van der Waals surface area (Å²) in [6.45, 7) is 2.01. The monoisotopic (exact) mass is 588 g/mol. The van der Waals surface area contributed by atoms with Gasteiger partial charge in [-0.3, -0.25) is 14.3 Å². The topological polar surface area (TPSA) is 97.7 Å².